The molecule has 9 nitrogen and oxygen atoms in total. The van der Waals surface area contributed by atoms with Gasteiger partial charge in [-0.3, -0.25) is 4.98 Å². The van der Waals surface area contributed by atoms with E-state index in [0.717, 1.165) is 27.4 Å². The molecule has 39 heavy (non-hydrogen) atoms. The molecule has 0 bridgehead atoms. The van der Waals surface area contributed by atoms with E-state index in [-0.39, 0.29) is 56.4 Å². The van der Waals surface area contributed by atoms with Gasteiger partial charge in [0.2, 0.25) is 0 Å². The Balaban J connectivity index is 0.000000982. The predicted molar refractivity (Wildman–Crippen MR) is 146 cm³/mol. The molecule has 2 heterocycles. The fraction of sp³-hybridized carbons (Fsp3) is 0.269. The largest absolute Gasteiger partial charge is 1.00 e. The molecule has 5 rings (SSSR count). The zero-order chi connectivity index (χ0) is 27.4. The molecule has 0 spiro atoms. The second-order valence-electron chi connectivity index (χ2n) is 8.45. The van der Waals surface area contributed by atoms with Gasteiger partial charge in [0.1, 0.15) is 11.5 Å². The number of aromatic carboxylic acids is 1. The second kappa shape index (κ2) is 13.4. The van der Waals surface area contributed by atoms with Crippen LogP contribution < -0.4 is 44.1 Å². The standard InChI is InChI=1S/C23H21N3O6S3.C3H6.Na/c1-13-11-24-18(21(33)20(13)32-3)12-34-23-25-17-8-7-15(31-2)10-19(17)26(23)35(29,30)16-6-4-5-14(9-16)22(27)28;1-2-3-1;/h4-11,33H,12H2,1-3H3,(H,27,28);1-3H2;/q;;+1/p-1. The van der Waals surface area contributed by atoms with Gasteiger partial charge in [0.15, 0.2) is 5.16 Å². The average Bonchev–Trinajstić information content (AvgIpc) is 3.75. The molecule has 0 atom stereocenters. The van der Waals surface area contributed by atoms with Gasteiger partial charge in [-0.25, -0.2) is 17.4 Å². The molecule has 0 saturated heterocycles. The maximum absolute atomic E-state index is 13.7. The van der Waals surface area contributed by atoms with Crippen molar-refractivity contribution in [3.8, 4) is 11.5 Å². The van der Waals surface area contributed by atoms with Gasteiger partial charge in [0.05, 0.1) is 46.7 Å². The predicted octanol–water partition coefficient (Wildman–Crippen LogP) is 1.11. The summed E-state index contributed by atoms with van der Waals surface area (Å²) in [5, 5.41) is 11.5. The van der Waals surface area contributed by atoms with Crippen LogP contribution in [0.15, 0.2) is 63.6 Å². The number of nitrogens with zero attached hydrogens (tertiary/aromatic N) is 3. The van der Waals surface area contributed by atoms with Crippen molar-refractivity contribution in [1.29, 1.82) is 0 Å². The first-order chi connectivity index (χ1) is 18.2. The number of carboxylic acids is 1. The number of fused-ring (bicyclic) bond motifs is 1. The summed E-state index contributed by atoms with van der Waals surface area (Å²) in [7, 11) is -1.23. The zero-order valence-corrected chi connectivity index (χ0v) is 26.5. The summed E-state index contributed by atoms with van der Waals surface area (Å²) < 4.78 is 39.2. The normalized spacial score (nSPS) is 12.2. The van der Waals surface area contributed by atoms with Crippen LogP contribution in [0.25, 0.3) is 11.0 Å². The quantitative estimate of drug-likeness (QED) is 0.181. The van der Waals surface area contributed by atoms with Crippen molar-refractivity contribution < 1.29 is 57.3 Å². The summed E-state index contributed by atoms with van der Waals surface area (Å²) in [5.41, 5.74) is 1.87. The maximum Gasteiger partial charge on any atom is 1.00 e. The Kier molecular flexibility index (Phi) is 10.8. The van der Waals surface area contributed by atoms with Crippen molar-refractivity contribution in [3.63, 3.8) is 0 Å². The third-order valence-corrected chi connectivity index (χ3v) is 8.78. The number of benzene rings is 2. The van der Waals surface area contributed by atoms with Gasteiger partial charge >= 0.3 is 29.6 Å². The van der Waals surface area contributed by atoms with E-state index in [1.807, 2.05) is 6.92 Å². The molecule has 0 amide bonds. The number of thiol groups is 1. The summed E-state index contributed by atoms with van der Waals surface area (Å²) >= 11 is 5.68. The number of aryl methyl sites for hydroxylation is 1. The van der Waals surface area contributed by atoms with Crippen molar-refractivity contribution in [3.05, 3.63) is 65.5 Å². The van der Waals surface area contributed by atoms with Gasteiger partial charge in [-0.2, -0.15) is 0 Å². The third kappa shape index (κ3) is 7.11. The van der Waals surface area contributed by atoms with Crippen LogP contribution in [0.4, 0.5) is 0 Å². The number of hydrogen-bond acceptors (Lipinski definition) is 10. The fourth-order valence-electron chi connectivity index (χ4n) is 3.46. The first-order valence-corrected chi connectivity index (χ1v) is 14.5. The van der Waals surface area contributed by atoms with E-state index < -0.39 is 16.0 Å². The molecule has 4 aromatic rings. The smallest absolute Gasteiger partial charge is 0.545 e. The topological polar surface area (TPSA) is 123 Å². The van der Waals surface area contributed by atoms with Crippen LogP contribution >= 0.6 is 24.4 Å². The van der Waals surface area contributed by atoms with E-state index in [1.54, 1.807) is 31.5 Å². The number of pyridine rings is 1. The number of imidazole rings is 1. The Morgan fingerprint density at radius 2 is 1.85 bits per heavy atom. The molecule has 2 aromatic carbocycles. The number of methoxy groups -OCH3 is 2. The van der Waals surface area contributed by atoms with Gasteiger partial charge in [0.25, 0.3) is 10.0 Å². The molecule has 1 aliphatic rings. The Hall–Kier alpha value is -2.22. The van der Waals surface area contributed by atoms with E-state index >= 15 is 0 Å². The fourth-order valence-corrected chi connectivity index (χ4v) is 6.68. The zero-order valence-electron chi connectivity index (χ0n) is 22.0. The van der Waals surface area contributed by atoms with Crippen LogP contribution in [0.1, 0.15) is 40.9 Å². The van der Waals surface area contributed by atoms with E-state index in [9.17, 15) is 18.3 Å². The Bertz CT molecular complexity index is 1600. The SMILES string of the molecule is C1CC1.COc1ccc2nc(SCc3ncc(C)c(OC)c3S)n(S(=O)(=O)c3cccc(C(=O)[O-])c3)c2c1.[Na+]. The van der Waals surface area contributed by atoms with E-state index in [0.29, 0.717) is 27.6 Å². The van der Waals surface area contributed by atoms with E-state index in [1.165, 1.54) is 44.6 Å². The molecule has 13 heteroatoms. The van der Waals surface area contributed by atoms with E-state index in [2.05, 4.69) is 22.6 Å². The van der Waals surface area contributed by atoms with Crippen LogP contribution in [0, 0.1) is 6.92 Å². The number of aromatic nitrogens is 3. The molecule has 1 fully saturated rings. The summed E-state index contributed by atoms with van der Waals surface area (Å²) in [6.07, 6.45) is 6.16. The minimum atomic E-state index is -4.25. The van der Waals surface area contributed by atoms with E-state index in [4.69, 9.17) is 9.47 Å². The van der Waals surface area contributed by atoms with Gasteiger partial charge in [-0.15, -0.1) is 12.6 Å². The Morgan fingerprint density at radius 3 is 2.46 bits per heavy atom. The van der Waals surface area contributed by atoms with Crippen molar-refractivity contribution in [2.24, 2.45) is 0 Å². The monoisotopic (exact) mass is 595 g/mol. The minimum absolute atomic E-state index is 0. The van der Waals surface area contributed by atoms with Crippen LogP contribution in [-0.4, -0.2) is 42.5 Å². The number of ether oxygens (including phenoxy) is 2. The first-order valence-electron chi connectivity index (χ1n) is 11.6. The van der Waals surface area contributed by atoms with Gasteiger partial charge in [-0.05, 0) is 36.8 Å². The number of hydrogen-bond donors (Lipinski definition) is 1. The first kappa shape index (κ1) is 31.3. The molecule has 0 N–H and O–H groups in total. The van der Waals surface area contributed by atoms with Gasteiger partial charge in [0, 0.05) is 23.6 Å². The van der Waals surface area contributed by atoms with Crippen LogP contribution in [-0.2, 0) is 15.8 Å². The van der Waals surface area contributed by atoms with Crippen LogP contribution in [0.3, 0.4) is 0 Å². The summed E-state index contributed by atoms with van der Waals surface area (Å²) in [4.78, 5) is 20.6. The molecular weight excluding hydrogens is 569 g/mol. The van der Waals surface area contributed by atoms with Crippen LogP contribution in [0.5, 0.6) is 11.5 Å². The number of rotatable bonds is 8. The second-order valence-corrected chi connectivity index (χ2v) is 11.6. The molecular formula is C26H26N3NaO6S3. The molecule has 200 valence electrons. The van der Waals surface area contributed by atoms with Crippen molar-refractivity contribution in [2.45, 2.75) is 46.9 Å². The Labute approximate surface area is 259 Å². The summed E-state index contributed by atoms with van der Waals surface area (Å²) in [6.45, 7) is 1.85. The summed E-state index contributed by atoms with van der Waals surface area (Å²) in [6, 6.07) is 9.88. The number of carbonyl (C=O) groups is 1. The number of carboxylic acid groups (broad SMARTS) is 1. The Morgan fingerprint density at radius 1 is 1.13 bits per heavy atom. The molecule has 0 unspecified atom stereocenters. The molecule has 1 aliphatic carbocycles. The van der Waals surface area contributed by atoms with Gasteiger partial charge < -0.3 is 19.4 Å². The third-order valence-electron chi connectivity index (χ3n) is 5.56. The molecule has 0 radical (unpaired) electrons. The molecule has 1 saturated carbocycles. The van der Waals surface area contributed by atoms with Crippen LogP contribution in [0.2, 0.25) is 0 Å². The average molecular weight is 596 g/mol. The van der Waals surface area contributed by atoms with Crippen molar-refractivity contribution >= 4 is 51.4 Å². The number of carbonyl (C=O) groups excluding carboxylic acids is 1. The summed E-state index contributed by atoms with van der Waals surface area (Å²) in [5.74, 6) is -0.195. The molecule has 0 aliphatic heterocycles. The van der Waals surface area contributed by atoms with Crippen molar-refractivity contribution in [1.82, 2.24) is 13.9 Å². The number of thioether (sulfide) groups is 1. The minimum Gasteiger partial charge on any atom is -0.545 e. The van der Waals surface area contributed by atoms with Crippen molar-refractivity contribution in [2.75, 3.05) is 14.2 Å². The van der Waals surface area contributed by atoms with Gasteiger partial charge in [-0.1, -0.05) is 43.2 Å². The maximum atomic E-state index is 13.7. The molecule has 2 aromatic heterocycles.